The van der Waals surface area contributed by atoms with Crippen molar-refractivity contribution in [3.8, 4) is 0 Å². The second-order valence-electron chi connectivity index (χ2n) is 6.86. The quantitative estimate of drug-likeness (QED) is 0.871. The number of hydrogen-bond donors (Lipinski definition) is 1. The van der Waals surface area contributed by atoms with Gasteiger partial charge in [0.15, 0.2) is 0 Å². The van der Waals surface area contributed by atoms with Crippen LogP contribution in [0.4, 0.5) is 5.95 Å². The van der Waals surface area contributed by atoms with E-state index in [1.807, 2.05) is 6.92 Å². The standard InChI is InChI=1S/C18H22N6O2/c1-13-9-22-14(10-21-13)11-23-16(25)18-4-8-26-15(18)3-7-24(12-18)17-19-5-2-6-20-17/h2,5-6,9-10,15H,3-4,7-8,11-12H2,1H3,(H,23,25)/t15-,18-/m0/s1. The molecule has 4 rings (SSSR count). The Hall–Kier alpha value is -2.61. The predicted molar refractivity (Wildman–Crippen MR) is 94.3 cm³/mol. The van der Waals surface area contributed by atoms with Gasteiger partial charge < -0.3 is 15.0 Å². The van der Waals surface area contributed by atoms with Crippen molar-refractivity contribution < 1.29 is 9.53 Å². The second-order valence-corrected chi connectivity index (χ2v) is 6.86. The first kappa shape index (κ1) is 16.8. The Kier molecular flexibility index (Phi) is 4.50. The summed E-state index contributed by atoms with van der Waals surface area (Å²) in [6, 6.07) is 1.79. The van der Waals surface area contributed by atoms with Crippen LogP contribution in [0.2, 0.25) is 0 Å². The minimum Gasteiger partial charge on any atom is -0.377 e. The summed E-state index contributed by atoms with van der Waals surface area (Å²) >= 11 is 0. The van der Waals surface area contributed by atoms with Gasteiger partial charge in [0.25, 0.3) is 0 Å². The van der Waals surface area contributed by atoms with Gasteiger partial charge in [-0.15, -0.1) is 0 Å². The molecule has 2 saturated heterocycles. The number of carbonyl (C=O) groups excluding carboxylic acids is 1. The fraction of sp³-hybridized carbons (Fsp3) is 0.500. The fourth-order valence-electron chi connectivity index (χ4n) is 3.75. The van der Waals surface area contributed by atoms with Crippen molar-refractivity contribution in [3.05, 3.63) is 42.2 Å². The molecule has 2 aliphatic heterocycles. The van der Waals surface area contributed by atoms with Gasteiger partial charge in [0, 0.05) is 38.3 Å². The Labute approximate surface area is 152 Å². The number of aromatic nitrogens is 4. The third-order valence-corrected chi connectivity index (χ3v) is 5.17. The minimum atomic E-state index is -0.574. The highest BCUT2D eigenvalue weighted by atomic mass is 16.5. The molecule has 0 aliphatic carbocycles. The van der Waals surface area contributed by atoms with Crippen LogP contribution in [0, 0.1) is 12.3 Å². The molecule has 0 spiro atoms. The number of hydrogen-bond acceptors (Lipinski definition) is 7. The highest BCUT2D eigenvalue weighted by molar-refractivity contribution is 5.84. The Morgan fingerprint density at radius 2 is 2.15 bits per heavy atom. The molecule has 0 radical (unpaired) electrons. The Morgan fingerprint density at radius 1 is 1.31 bits per heavy atom. The lowest BCUT2D eigenvalue weighted by Crippen LogP contribution is -2.57. The number of carbonyl (C=O) groups is 1. The summed E-state index contributed by atoms with van der Waals surface area (Å²) in [5.74, 6) is 0.664. The number of aryl methyl sites for hydroxylation is 1. The van der Waals surface area contributed by atoms with E-state index in [9.17, 15) is 4.79 Å². The topological polar surface area (TPSA) is 93.1 Å². The van der Waals surface area contributed by atoms with Crippen LogP contribution in [0.5, 0.6) is 0 Å². The zero-order valence-corrected chi connectivity index (χ0v) is 14.8. The van der Waals surface area contributed by atoms with E-state index in [2.05, 4.69) is 30.2 Å². The number of fused-ring (bicyclic) bond motifs is 1. The lowest BCUT2D eigenvalue weighted by atomic mass is 9.75. The summed E-state index contributed by atoms with van der Waals surface area (Å²) in [6.45, 7) is 4.20. The first-order valence-electron chi connectivity index (χ1n) is 8.87. The number of nitrogens with zero attached hydrogens (tertiary/aromatic N) is 5. The van der Waals surface area contributed by atoms with Gasteiger partial charge in [-0.3, -0.25) is 14.8 Å². The molecule has 2 atom stereocenters. The molecular weight excluding hydrogens is 332 g/mol. The normalized spacial score (nSPS) is 25.0. The van der Waals surface area contributed by atoms with Gasteiger partial charge in [-0.1, -0.05) is 0 Å². The van der Waals surface area contributed by atoms with Gasteiger partial charge >= 0.3 is 0 Å². The second kappa shape index (κ2) is 6.95. The average molecular weight is 354 g/mol. The largest absolute Gasteiger partial charge is 0.377 e. The molecule has 2 aromatic rings. The van der Waals surface area contributed by atoms with Crippen molar-refractivity contribution >= 4 is 11.9 Å². The van der Waals surface area contributed by atoms with Crippen LogP contribution in [0.1, 0.15) is 24.2 Å². The zero-order valence-electron chi connectivity index (χ0n) is 14.8. The highest BCUT2D eigenvalue weighted by Crippen LogP contribution is 2.41. The average Bonchev–Trinajstić information content (AvgIpc) is 3.12. The molecule has 1 N–H and O–H groups in total. The van der Waals surface area contributed by atoms with Crippen LogP contribution in [0.3, 0.4) is 0 Å². The number of amides is 1. The maximum atomic E-state index is 13.1. The van der Waals surface area contributed by atoms with E-state index in [0.29, 0.717) is 32.1 Å². The maximum Gasteiger partial charge on any atom is 0.231 e. The molecule has 2 aliphatic rings. The molecule has 0 saturated carbocycles. The zero-order chi connectivity index (χ0) is 18.0. The van der Waals surface area contributed by atoms with Gasteiger partial charge in [0.1, 0.15) is 0 Å². The number of piperidine rings is 1. The lowest BCUT2D eigenvalue weighted by molar-refractivity contribution is -0.135. The van der Waals surface area contributed by atoms with E-state index in [4.69, 9.17) is 4.74 Å². The van der Waals surface area contributed by atoms with E-state index in [1.54, 1.807) is 30.9 Å². The van der Waals surface area contributed by atoms with Gasteiger partial charge in [0.05, 0.1) is 35.6 Å². The molecule has 0 aromatic carbocycles. The summed E-state index contributed by atoms with van der Waals surface area (Å²) < 4.78 is 5.88. The molecule has 0 unspecified atom stereocenters. The van der Waals surface area contributed by atoms with Crippen molar-refractivity contribution in [1.82, 2.24) is 25.3 Å². The predicted octanol–water partition coefficient (Wildman–Crippen LogP) is 0.877. The Morgan fingerprint density at radius 3 is 2.92 bits per heavy atom. The van der Waals surface area contributed by atoms with Crippen molar-refractivity contribution in [2.75, 3.05) is 24.6 Å². The number of anilines is 1. The van der Waals surface area contributed by atoms with E-state index < -0.39 is 5.41 Å². The minimum absolute atomic E-state index is 0.00278. The van der Waals surface area contributed by atoms with Gasteiger partial charge in [-0.2, -0.15) is 0 Å². The first-order valence-corrected chi connectivity index (χ1v) is 8.87. The Balaban J connectivity index is 1.49. The fourth-order valence-corrected chi connectivity index (χ4v) is 3.75. The maximum absolute atomic E-state index is 13.1. The summed E-state index contributed by atoms with van der Waals surface area (Å²) in [4.78, 5) is 32.4. The van der Waals surface area contributed by atoms with E-state index in [-0.39, 0.29) is 12.0 Å². The van der Waals surface area contributed by atoms with E-state index in [1.165, 1.54) is 0 Å². The highest BCUT2D eigenvalue weighted by Gasteiger charge is 2.53. The molecule has 4 heterocycles. The van der Waals surface area contributed by atoms with Crippen LogP contribution >= 0.6 is 0 Å². The third-order valence-electron chi connectivity index (χ3n) is 5.17. The molecule has 26 heavy (non-hydrogen) atoms. The molecule has 2 fully saturated rings. The monoisotopic (exact) mass is 354 g/mol. The van der Waals surface area contributed by atoms with Crippen LogP contribution < -0.4 is 10.2 Å². The number of ether oxygens (including phenoxy) is 1. The summed E-state index contributed by atoms with van der Waals surface area (Å²) in [7, 11) is 0. The SMILES string of the molecule is Cc1cnc(CNC(=O)[C@]23CCO[C@H]2CCN(c2ncccn2)C3)cn1. The molecule has 8 heteroatoms. The van der Waals surface area contributed by atoms with Crippen molar-refractivity contribution in [2.24, 2.45) is 5.41 Å². The van der Waals surface area contributed by atoms with Gasteiger partial charge in [-0.05, 0) is 25.8 Å². The Bertz CT molecular complexity index is 769. The molecule has 2 aromatic heterocycles. The van der Waals surface area contributed by atoms with Crippen LogP contribution in [0.15, 0.2) is 30.9 Å². The lowest BCUT2D eigenvalue weighted by Gasteiger charge is -2.42. The van der Waals surface area contributed by atoms with Gasteiger partial charge in [-0.25, -0.2) is 9.97 Å². The molecule has 0 bridgehead atoms. The molecule has 1 amide bonds. The molecule has 8 nitrogen and oxygen atoms in total. The smallest absolute Gasteiger partial charge is 0.231 e. The van der Waals surface area contributed by atoms with Crippen molar-refractivity contribution in [2.45, 2.75) is 32.4 Å². The van der Waals surface area contributed by atoms with Crippen LogP contribution in [0.25, 0.3) is 0 Å². The van der Waals surface area contributed by atoms with E-state index in [0.717, 1.165) is 24.4 Å². The summed E-state index contributed by atoms with van der Waals surface area (Å²) in [6.07, 6.45) is 8.27. The van der Waals surface area contributed by atoms with Crippen LogP contribution in [-0.2, 0) is 16.1 Å². The number of rotatable bonds is 4. The molecular formula is C18H22N6O2. The summed E-state index contributed by atoms with van der Waals surface area (Å²) in [5, 5.41) is 3.03. The van der Waals surface area contributed by atoms with Crippen molar-refractivity contribution in [3.63, 3.8) is 0 Å². The third kappa shape index (κ3) is 3.12. The molecule has 136 valence electrons. The van der Waals surface area contributed by atoms with E-state index >= 15 is 0 Å². The van der Waals surface area contributed by atoms with Gasteiger partial charge in [0.2, 0.25) is 11.9 Å². The summed E-state index contributed by atoms with van der Waals surface area (Å²) in [5.41, 5.74) is 1.03. The number of nitrogens with one attached hydrogen (secondary N) is 1. The first-order chi connectivity index (χ1) is 12.7. The van der Waals surface area contributed by atoms with Crippen molar-refractivity contribution in [1.29, 1.82) is 0 Å². The van der Waals surface area contributed by atoms with Crippen LogP contribution in [-0.4, -0.2) is 51.6 Å².